The van der Waals surface area contributed by atoms with Crippen LogP contribution in [0.25, 0.3) is 0 Å². The summed E-state index contributed by atoms with van der Waals surface area (Å²) in [6, 6.07) is 14.9. The fraction of sp³-hybridized carbons (Fsp3) is 0.556. The molecule has 2 nitrogen and oxygen atoms in total. The zero-order valence-electron chi connectivity index (χ0n) is 19.2. The minimum atomic E-state index is -2.03. The normalized spacial score (nSPS) is 23.0. The van der Waals surface area contributed by atoms with Crippen molar-refractivity contribution in [3.8, 4) is 0 Å². The molecule has 0 spiro atoms. The Hall–Kier alpha value is -1.44. The van der Waals surface area contributed by atoms with Crippen molar-refractivity contribution in [2.24, 2.45) is 5.92 Å². The van der Waals surface area contributed by atoms with Crippen LogP contribution in [0.1, 0.15) is 72.6 Å². The molecule has 2 saturated carbocycles. The van der Waals surface area contributed by atoms with Crippen LogP contribution in [0.3, 0.4) is 0 Å². The van der Waals surface area contributed by atoms with Crippen LogP contribution in [0, 0.1) is 18.7 Å². The van der Waals surface area contributed by atoms with Crippen LogP contribution in [-0.4, -0.2) is 25.5 Å². The van der Waals surface area contributed by atoms with Crippen LogP contribution < -0.4 is 5.32 Å². The summed E-state index contributed by atoms with van der Waals surface area (Å²) in [4.78, 5) is 0. The van der Waals surface area contributed by atoms with Gasteiger partial charge in [0.15, 0.2) is 0 Å². The Balaban J connectivity index is 1.32. The van der Waals surface area contributed by atoms with Gasteiger partial charge in [-0.3, -0.25) is 0 Å². The topological polar surface area (TPSA) is 29.1 Å². The van der Waals surface area contributed by atoms with Gasteiger partial charge in [0, 0.05) is 18.7 Å². The van der Waals surface area contributed by atoms with Crippen LogP contribution in [0.5, 0.6) is 0 Å². The Morgan fingerprint density at radius 1 is 1.03 bits per heavy atom. The van der Waals surface area contributed by atoms with Gasteiger partial charge in [-0.1, -0.05) is 42.0 Å². The van der Waals surface area contributed by atoms with E-state index in [0.29, 0.717) is 23.8 Å². The van der Waals surface area contributed by atoms with Gasteiger partial charge in [0.1, 0.15) is 5.82 Å². The third-order valence-electron chi connectivity index (χ3n) is 7.12. The van der Waals surface area contributed by atoms with Crippen LogP contribution in [-0.2, 0) is 11.1 Å². The third kappa shape index (κ3) is 6.30. The first-order valence-electron chi connectivity index (χ1n) is 11.9. The summed E-state index contributed by atoms with van der Waals surface area (Å²) < 4.78 is 26.7. The van der Waals surface area contributed by atoms with Crippen LogP contribution in [0.2, 0.25) is 0 Å². The molecule has 0 radical (unpaired) electrons. The van der Waals surface area contributed by atoms with Gasteiger partial charge in [0.2, 0.25) is 0 Å². The first kappa shape index (κ1) is 22.7. The summed E-state index contributed by atoms with van der Waals surface area (Å²) in [7, 11) is -2.03. The zero-order valence-corrected chi connectivity index (χ0v) is 20.1. The lowest BCUT2D eigenvalue weighted by atomic mass is 9.81. The van der Waals surface area contributed by atoms with Gasteiger partial charge in [-0.25, -0.2) is 4.39 Å². The standard InChI is InChI=1S/C27H37FNOP/c1-19-7-14-27(28)25(15-19)21-10-12-24(13-11-21)29-17-20-5-4-6-23(16-20)26(22-8-9-22)18-31(2,3)30/h4-7,14-16,21-22,24,26,29H,8-13,17-18H2,1-3H3/t21?,24?,26-/m0/s1. The minimum Gasteiger partial charge on any atom is -0.324 e. The smallest absolute Gasteiger partial charge is 0.126 e. The summed E-state index contributed by atoms with van der Waals surface area (Å²) in [5, 5.41) is 3.75. The van der Waals surface area contributed by atoms with Gasteiger partial charge in [0.25, 0.3) is 0 Å². The van der Waals surface area contributed by atoms with Crippen molar-refractivity contribution in [1.82, 2.24) is 5.32 Å². The van der Waals surface area contributed by atoms with E-state index in [1.807, 2.05) is 32.4 Å². The Morgan fingerprint density at radius 2 is 1.77 bits per heavy atom. The molecule has 0 saturated heterocycles. The summed E-state index contributed by atoms with van der Waals surface area (Å²) in [6.45, 7) is 6.76. The second kappa shape index (κ2) is 9.59. The quantitative estimate of drug-likeness (QED) is 0.444. The number of rotatable bonds is 8. The molecule has 2 aromatic rings. The Bertz CT molecular complexity index is 940. The minimum absolute atomic E-state index is 0.0484. The molecular formula is C27H37FNOP. The molecule has 2 fully saturated rings. The maximum Gasteiger partial charge on any atom is 0.126 e. The largest absolute Gasteiger partial charge is 0.324 e. The van der Waals surface area contributed by atoms with E-state index in [1.54, 1.807) is 6.07 Å². The molecule has 0 amide bonds. The van der Waals surface area contributed by atoms with Crippen molar-refractivity contribution in [3.05, 3.63) is 70.5 Å². The summed E-state index contributed by atoms with van der Waals surface area (Å²) in [5.41, 5.74) is 4.73. The molecular weight excluding hydrogens is 404 g/mol. The highest BCUT2D eigenvalue weighted by atomic mass is 31.2. The van der Waals surface area contributed by atoms with Gasteiger partial charge in [-0.2, -0.15) is 0 Å². The molecule has 0 unspecified atom stereocenters. The molecule has 2 aromatic carbocycles. The average Bonchev–Trinajstić information content (AvgIpc) is 3.58. The predicted octanol–water partition coefficient (Wildman–Crippen LogP) is 7.07. The first-order chi connectivity index (χ1) is 14.8. The number of benzene rings is 2. The molecule has 1 atom stereocenters. The van der Waals surface area contributed by atoms with E-state index in [0.717, 1.165) is 49.5 Å². The molecule has 168 valence electrons. The van der Waals surface area contributed by atoms with E-state index in [2.05, 4.69) is 29.6 Å². The van der Waals surface area contributed by atoms with Gasteiger partial charge < -0.3 is 9.88 Å². The van der Waals surface area contributed by atoms with Crippen LogP contribution in [0.4, 0.5) is 4.39 Å². The zero-order chi connectivity index (χ0) is 22.0. The number of aryl methyl sites for hydroxylation is 1. The first-order valence-corrected chi connectivity index (χ1v) is 14.7. The molecule has 0 heterocycles. The fourth-order valence-corrected chi connectivity index (χ4v) is 6.74. The van der Waals surface area contributed by atoms with Crippen molar-refractivity contribution < 1.29 is 8.96 Å². The van der Waals surface area contributed by atoms with Crippen molar-refractivity contribution in [1.29, 1.82) is 0 Å². The van der Waals surface area contributed by atoms with Gasteiger partial charge in [-0.15, -0.1) is 0 Å². The van der Waals surface area contributed by atoms with E-state index >= 15 is 0 Å². The van der Waals surface area contributed by atoms with Crippen LogP contribution in [0.15, 0.2) is 42.5 Å². The highest BCUT2D eigenvalue weighted by Crippen LogP contribution is 2.50. The SMILES string of the molecule is Cc1ccc(F)c(C2CCC(NCc3cccc([C@@H](CP(C)(C)=O)C4CC4)c3)CC2)c1. The summed E-state index contributed by atoms with van der Waals surface area (Å²) >= 11 is 0. The molecule has 0 bridgehead atoms. The van der Waals surface area contributed by atoms with E-state index in [1.165, 1.54) is 24.0 Å². The highest BCUT2D eigenvalue weighted by molar-refractivity contribution is 7.62. The van der Waals surface area contributed by atoms with Crippen molar-refractivity contribution >= 4 is 7.14 Å². The second-order valence-corrected chi connectivity index (χ2v) is 13.9. The van der Waals surface area contributed by atoms with E-state index < -0.39 is 7.14 Å². The molecule has 4 rings (SSSR count). The van der Waals surface area contributed by atoms with E-state index in [9.17, 15) is 8.96 Å². The predicted molar refractivity (Wildman–Crippen MR) is 129 cm³/mol. The highest BCUT2D eigenvalue weighted by Gasteiger charge is 2.34. The van der Waals surface area contributed by atoms with Gasteiger partial charge >= 0.3 is 0 Å². The Labute approximate surface area is 187 Å². The average molecular weight is 442 g/mol. The molecule has 0 aliphatic heterocycles. The van der Waals surface area contributed by atoms with Crippen molar-refractivity contribution in [2.45, 2.75) is 69.9 Å². The number of nitrogens with one attached hydrogen (secondary N) is 1. The lowest BCUT2D eigenvalue weighted by molar-refractivity contribution is 0.337. The molecule has 2 aliphatic rings. The molecule has 0 aromatic heterocycles. The fourth-order valence-electron chi connectivity index (χ4n) is 5.28. The van der Waals surface area contributed by atoms with Crippen LogP contribution >= 0.6 is 7.14 Å². The number of hydrogen-bond donors (Lipinski definition) is 1. The molecule has 31 heavy (non-hydrogen) atoms. The molecule has 4 heteroatoms. The van der Waals surface area contributed by atoms with Crippen molar-refractivity contribution in [2.75, 3.05) is 19.5 Å². The molecule has 1 N–H and O–H groups in total. The summed E-state index contributed by atoms with van der Waals surface area (Å²) in [6.07, 6.45) is 7.66. The summed E-state index contributed by atoms with van der Waals surface area (Å²) in [5.74, 6) is 1.46. The lowest BCUT2D eigenvalue weighted by Crippen LogP contribution is -2.32. The van der Waals surface area contributed by atoms with E-state index in [4.69, 9.17) is 0 Å². The Kier molecular flexibility index (Phi) is 7.04. The number of halogens is 1. The monoisotopic (exact) mass is 441 g/mol. The Morgan fingerprint density at radius 3 is 2.45 bits per heavy atom. The number of hydrogen-bond acceptors (Lipinski definition) is 2. The third-order valence-corrected chi connectivity index (χ3v) is 8.39. The maximum absolute atomic E-state index is 14.3. The second-order valence-electron chi connectivity index (χ2n) is 10.4. The van der Waals surface area contributed by atoms with E-state index in [-0.39, 0.29) is 5.82 Å². The maximum atomic E-state index is 14.3. The van der Waals surface area contributed by atoms with Gasteiger partial charge in [0.05, 0.1) is 7.14 Å². The lowest BCUT2D eigenvalue weighted by Gasteiger charge is -2.30. The van der Waals surface area contributed by atoms with Gasteiger partial charge in [-0.05, 0) is 99.3 Å². The van der Waals surface area contributed by atoms with Crippen molar-refractivity contribution in [3.63, 3.8) is 0 Å². The molecule has 2 aliphatic carbocycles.